The lowest BCUT2D eigenvalue weighted by molar-refractivity contribution is -0.142. The first kappa shape index (κ1) is 15.7. The largest absolute Gasteiger partial charge is 0.481 e. The quantitative estimate of drug-likeness (QED) is 0.772. The van der Waals surface area contributed by atoms with Crippen LogP contribution in [-0.2, 0) is 4.79 Å². The van der Waals surface area contributed by atoms with Crippen LogP contribution in [0, 0.1) is 17.6 Å². The van der Waals surface area contributed by atoms with Gasteiger partial charge in [-0.15, -0.1) is 0 Å². The van der Waals surface area contributed by atoms with E-state index >= 15 is 0 Å². The first-order valence-electron chi connectivity index (χ1n) is 6.33. The smallest absolute Gasteiger partial charge is 0.319 e. The topological polar surface area (TPSA) is 78.4 Å². The third kappa shape index (κ3) is 3.69. The van der Waals surface area contributed by atoms with Gasteiger partial charge in [0.2, 0.25) is 0 Å². The van der Waals surface area contributed by atoms with Crippen molar-refractivity contribution in [2.75, 3.05) is 5.32 Å². The number of carbonyl (C=O) groups excluding carboxylic acids is 1. The van der Waals surface area contributed by atoms with Crippen molar-refractivity contribution in [3.05, 3.63) is 28.2 Å². The van der Waals surface area contributed by atoms with Crippen molar-refractivity contribution < 1.29 is 23.5 Å². The van der Waals surface area contributed by atoms with E-state index in [0.717, 1.165) is 12.1 Å². The monoisotopic (exact) mass is 362 g/mol. The highest BCUT2D eigenvalue weighted by Crippen LogP contribution is 2.27. The molecule has 114 valence electrons. The fourth-order valence-corrected chi connectivity index (χ4v) is 2.81. The molecule has 0 aliphatic heterocycles. The van der Waals surface area contributed by atoms with Crippen LogP contribution in [0.15, 0.2) is 16.6 Å². The molecular weight excluding hydrogens is 350 g/mol. The number of carboxylic acids is 1. The zero-order valence-corrected chi connectivity index (χ0v) is 12.4. The van der Waals surface area contributed by atoms with Crippen molar-refractivity contribution in [1.29, 1.82) is 0 Å². The van der Waals surface area contributed by atoms with Crippen LogP contribution < -0.4 is 10.6 Å². The standard InChI is InChI=1S/C13H13BrF2N2O3/c14-6-4-8(15)11(9(16)5-6)18-13(21)17-10-3-1-2-7(10)12(19)20/h4-5,7,10H,1-3H2,(H,19,20)(H2,17,18,21). The van der Waals surface area contributed by atoms with Crippen LogP contribution in [-0.4, -0.2) is 23.1 Å². The number of rotatable bonds is 3. The Labute approximate surface area is 127 Å². The number of aliphatic carboxylic acids is 1. The highest BCUT2D eigenvalue weighted by molar-refractivity contribution is 9.10. The fourth-order valence-electron chi connectivity index (χ4n) is 2.41. The minimum atomic E-state index is -0.987. The van der Waals surface area contributed by atoms with E-state index in [2.05, 4.69) is 26.6 Å². The van der Waals surface area contributed by atoms with Gasteiger partial charge in [0.1, 0.15) is 5.69 Å². The SMILES string of the molecule is O=C(Nc1c(F)cc(Br)cc1F)NC1CCCC1C(=O)O. The van der Waals surface area contributed by atoms with E-state index in [1.54, 1.807) is 0 Å². The molecule has 5 nitrogen and oxygen atoms in total. The van der Waals surface area contributed by atoms with E-state index in [4.69, 9.17) is 5.11 Å². The molecule has 0 saturated heterocycles. The summed E-state index contributed by atoms with van der Waals surface area (Å²) in [6.07, 6.45) is 1.68. The minimum Gasteiger partial charge on any atom is -0.481 e. The molecule has 2 rings (SSSR count). The molecule has 0 heterocycles. The van der Waals surface area contributed by atoms with Crippen molar-refractivity contribution in [2.24, 2.45) is 5.92 Å². The Balaban J connectivity index is 2.04. The van der Waals surface area contributed by atoms with Gasteiger partial charge in [0.15, 0.2) is 11.6 Å². The van der Waals surface area contributed by atoms with Crippen LogP contribution in [0.5, 0.6) is 0 Å². The van der Waals surface area contributed by atoms with E-state index < -0.39 is 41.3 Å². The summed E-state index contributed by atoms with van der Waals surface area (Å²) in [5.41, 5.74) is -0.569. The number of hydrogen-bond acceptors (Lipinski definition) is 2. The van der Waals surface area contributed by atoms with E-state index in [0.29, 0.717) is 19.3 Å². The molecule has 1 saturated carbocycles. The molecule has 2 atom stereocenters. The summed E-state index contributed by atoms with van der Waals surface area (Å²) < 4.78 is 27.4. The molecule has 2 unspecified atom stereocenters. The molecule has 21 heavy (non-hydrogen) atoms. The second-order valence-electron chi connectivity index (χ2n) is 4.83. The molecular formula is C13H13BrF2N2O3. The number of hydrogen-bond donors (Lipinski definition) is 3. The van der Waals surface area contributed by atoms with Crippen LogP contribution in [0.2, 0.25) is 0 Å². The number of carbonyl (C=O) groups is 2. The zero-order valence-electron chi connectivity index (χ0n) is 10.8. The Morgan fingerprint density at radius 1 is 1.24 bits per heavy atom. The first-order valence-corrected chi connectivity index (χ1v) is 7.12. The fraction of sp³-hybridized carbons (Fsp3) is 0.385. The van der Waals surface area contributed by atoms with Crippen molar-refractivity contribution >= 4 is 33.6 Å². The average Bonchev–Trinajstić information content (AvgIpc) is 2.82. The second kappa shape index (κ2) is 6.38. The molecule has 0 aromatic heterocycles. The van der Waals surface area contributed by atoms with Gasteiger partial charge in [-0.05, 0) is 25.0 Å². The Morgan fingerprint density at radius 3 is 2.43 bits per heavy atom. The Bertz CT molecular complexity index is 560. The molecule has 3 N–H and O–H groups in total. The molecule has 0 radical (unpaired) electrons. The number of urea groups is 1. The molecule has 1 aliphatic carbocycles. The van der Waals surface area contributed by atoms with Crippen LogP contribution in [0.4, 0.5) is 19.3 Å². The maximum Gasteiger partial charge on any atom is 0.319 e. The van der Waals surface area contributed by atoms with Gasteiger partial charge in [-0.1, -0.05) is 22.4 Å². The third-order valence-corrected chi connectivity index (χ3v) is 3.85. The lowest BCUT2D eigenvalue weighted by Gasteiger charge is -2.18. The van der Waals surface area contributed by atoms with Gasteiger partial charge in [0.05, 0.1) is 5.92 Å². The number of carboxylic acid groups (broad SMARTS) is 1. The lowest BCUT2D eigenvalue weighted by Crippen LogP contribution is -2.42. The molecule has 0 bridgehead atoms. The summed E-state index contributed by atoms with van der Waals surface area (Å²) in [4.78, 5) is 22.8. The van der Waals surface area contributed by atoms with Crippen molar-refractivity contribution in [2.45, 2.75) is 25.3 Å². The number of benzene rings is 1. The molecule has 8 heteroatoms. The number of anilines is 1. The first-order chi connectivity index (χ1) is 9.88. The number of nitrogens with one attached hydrogen (secondary N) is 2. The normalized spacial score (nSPS) is 21.1. The van der Waals surface area contributed by atoms with Gasteiger partial charge in [-0.3, -0.25) is 4.79 Å². The Kier molecular flexibility index (Phi) is 4.76. The molecule has 1 aliphatic rings. The van der Waals surface area contributed by atoms with E-state index in [1.807, 2.05) is 0 Å². The minimum absolute atomic E-state index is 0.213. The van der Waals surface area contributed by atoms with Gasteiger partial charge in [-0.2, -0.15) is 0 Å². The summed E-state index contributed by atoms with van der Waals surface area (Å²) >= 11 is 2.93. The van der Waals surface area contributed by atoms with E-state index in [-0.39, 0.29) is 4.47 Å². The molecule has 0 spiro atoms. The summed E-state index contributed by atoms with van der Waals surface area (Å²) in [6.45, 7) is 0. The van der Waals surface area contributed by atoms with Crippen LogP contribution in [0.25, 0.3) is 0 Å². The highest BCUT2D eigenvalue weighted by Gasteiger charge is 2.34. The van der Waals surface area contributed by atoms with Gasteiger partial charge >= 0.3 is 12.0 Å². The second-order valence-corrected chi connectivity index (χ2v) is 5.74. The Hall–Kier alpha value is -1.70. The van der Waals surface area contributed by atoms with Crippen LogP contribution in [0.1, 0.15) is 19.3 Å². The predicted octanol–water partition coefficient (Wildman–Crippen LogP) is 3.10. The summed E-state index contributed by atoms with van der Waals surface area (Å²) in [6, 6.07) is 0.681. The third-order valence-electron chi connectivity index (χ3n) is 3.40. The number of amides is 2. The van der Waals surface area contributed by atoms with Gasteiger partial charge in [0.25, 0.3) is 0 Å². The van der Waals surface area contributed by atoms with Crippen molar-refractivity contribution in [1.82, 2.24) is 5.32 Å². The molecule has 2 amide bonds. The molecule has 1 aromatic rings. The molecule has 1 fully saturated rings. The summed E-state index contributed by atoms with van der Waals surface area (Å²) in [5.74, 6) is -3.49. The van der Waals surface area contributed by atoms with Crippen LogP contribution in [0.3, 0.4) is 0 Å². The van der Waals surface area contributed by atoms with Gasteiger partial charge in [0, 0.05) is 10.5 Å². The van der Waals surface area contributed by atoms with Gasteiger partial charge in [-0.25, -0.2) is 13.6 Å². The van der Waals surface area contributed by atoms with Crippen LogP contribution >= 0.6 is 15.9 Å². The van der Waals surface area contributed by atoms with E-state index in [9.17, 15) is 18.4 Å². The van der Waals surface area contributed by atoms with Crippen molar-refractivity contribution in [3.8, 4) is 0 Å². The maximum absolute atomic E-state index is 13.6. The van der Waals surface area contributed by atoms with Crippen molar-refractivity contribution in [3.63, 3.8) is 0 Å². The lowest BCUT2D eigenvalue weighted by atomic mass is 10.0. The van der Waals surface area contributed by atoms with E-state index in [1.165, 1.54) is 0 Å². The Morgan fingerprint density at radius 2 is 1.86 bits per heavy atom. The predicted molar refractivity (Wildman–Crippen MR) is 75.0 cm³/mol. The highest BCUT2D eigenvalue weighted by atomic mass is 79.9. The van der Waals surface area contributed by atoms with Gasteiger partial charge < -0.3 is 15.7 Å². The summed E-state index contributed by atoms with van der Waals surface area (Å²) in [7, 11) is 0. The average molecular weight is 363 g/mol. The zero-order chi connectivity index (χ0) is 15.6. The maximum atomic E-state index is 13.6. The molecule has 1 aromatic carbocycles. The number of halogens is 3. The summed E-state index contributed by atoms with van der Waals surface area (Å²) in [5, 5.41) is 13.5.